The number of rotatable bonds is 7. The van der Waals surface area contributed by atoms with E-state index in [4.69, 9.17) is 0 Å². The summed E-state index contributed by atoms with van der Waals surface area (Å²) in [6, 6.07) is 6.41. The van der Waals surface area contributed by atoms with E-state index in [0.717, 1.165) is 25.7 Å². The molecular weight excluding hydrogens is 282 g/mol. The Morgan fingerprint density at radius 3 is 2.23 bits per heavy atom. The number of hydrogen-bond donors (Lipinski definition) is 3. The minimum atomic E-state index is -0.392. The van der Waals surface area contributed by atoms with Crippen LogP contribution < -0.4 is 16.2 Å². The van der Waals surface area contributed by atoms with Crippen molar-refractivity contribution in [1.29, 1.82) is 0 Å². The average molecular weight is 305 g/mol. The Hall–Kier alpha value is -2.37. The minimum Gasteiger partial charge on any atom is -0.326 e. The molecule has 0 aromatic heterocycles. The molecule has 0 unspecified atom stereocenters. The third kappa shape index (κ3) is 6.88. The van der Waals surface area contributed by atoms with E-state index in [2.05, 4.69) is 23.1 Å². The molecule has 3 N–H and O–H groups in total. The number of benzene rings is 1. The van der Waals surface area contributed by atoms with Crippen molar-refractivity contribution < 1.29 is 14.4 Å². The molecule has 0 heterocycles. The van der Waals surface area contributed by atoms with Crippen LogP contribution in [-0.4, -0.2) is 17.7 Å². The van der Waals surface area contributed by atoms with Crippen molar-refractivity contribution in [3.63, 3.8) is 0 Å². The van der Waals surface area contributed by atoms with Crippen molar-refractivity contribution in [2.75, 3.05) is 5.32 Å². The first kappa shape index (κ1) is 17.7. The SMILES string of the molecule is CCCCCCC(=O)NNC(=O)c1ccc(NC(C)=O)cc1. The lowest BCUT2D eigenvalue weighted by atomic mass is 10.1. The zero-order valence-electron chi connectivity index (χ0n) is 13.1. The predicted molar refractivity (Wildman–Crippen MR) is 85.1 cm³/mol. The molecule has 0 aliphatic rings. The molecule has 0 aliphatic heterocycles. The first-order valence-corrected chi connectivity index (χ1v) is 7.49. The standard InChI is InChI=1S/C16H23N3O3/c1-3-4-5-6-7-15(21)18-19-16(22)13-8-10-14(11-9-13)17-12(2)20/h8-11H,3-7H2,1-2H3,(H,17,20)(H,18,21)(H,19,22). The van der Waals surface area contributed by atoms with Crippen molar-refractivity contribution in [3.8, 4) is 0 Å². The summed E-state index contributed by atoms with van der Waals surface area (Å²) in [5.41, 5.74) is 5.79. The van der Waals surface area contributed by atoms with Gasteiger partial charge >= 0.3 is 0 Å². The van der Waals surface area contributed by atoms with Gasteiger partial charge in [-0.25, -0.2) is 0 Å². The molecule has 0 spiro atoms. The van der Waals surface area contributed by atoms with E-state index in [0.29, 0.717) is 17.7 Å². The van der Waals surface area contributed by atoms with E-state index in [1.807, 2.05) is 0 Å². The van der Waals surface area contributed by atoms with Crippen LogP contribution in [0.3, 0.4) is 0 Å². The zero-order valence-corrected chi connectivity index (χ0v) is 13.1. The van der Waals surface area contributed by atoms with E-state index < -0.39 is 5.91 Å². The van der Waals surface area contributed by atoms with E-state index in [1.54, 1.807) is 24.3 Å². The zero-order chi connectivity index (χ0) is 16.4. The van der Waals surface area contributed by atoms with Gasteiger partial charge in [-0.2, -0.15) is 0 Å². The van der Waals surface area contributed by atoms with Crippen LogP contribution in [0.1, 0.15) is 56.3 Å². The average Bonchev–Trinajstić information content (AvgIpc) is 2.49. The maximum atomic E-state index is 11.8. The van der Waals surface area contributed by atoms with Gasteiger partial charge in [-0.15, -0.1) is 0 Å². The second kappa shape index (κ2) is 9.55. The summed E-state index contributed by atoms with van der Waals surface area (Å²) >= 11 is 0. The first-order valence-electron chi connectivity index (χ1n) is 7.49. The molecule has 0 saturated heterocycles. The van der Waals surface area contributed by atoms with Crippen LogP contribution in [0.2, 0.25) is 0 Å². The number of anilines is 1. The second-order valence-electron chi connectivity index (χ2n) is 5.07. The van der Waals surface area contributed by atoms with Gasteiger partial charge in [0.15, 0.2) is 0 Å². The molecule has 0 fully saturated rings. The molecular formula is C16H23N3O3. The van der Waals surface area contributed by atoms with Crippen LogP contribution in [0.5, 0.6) is 0 Å². The quantitative estimate of drug-likeness (QED) is 0.534. The summed E-state index contributed by atoms with van der Waals surface area (Å²) in [7, 11) is 0. The Balaban J connectivity index is 2.35. The van der Waals surface area contributed by atoms with Crippen LogP contribution >= 0.6 is 0 Å². The lowest BCUT2D eigenvalue weighted by Crippen LogP contribution is -2.41. The molecule has 0 saturated carbocycles. The Kier molecular flexibility index (Phi) is 7.67. The number of carbonyl (C=O) groups is 3. The normalized spacial score (nSPS) is 9.91. The van der Waals surface area contributed by atoms with Gasteiger partial charge in [0.05, 0.1) is 0 Å². The third-order valence-electron chi connectivity index (χ3n) is 3.04. The minimum absolute atomic E-state index is 0.174. The smallest absolute Gasteiger partial charge is 0.269 e. The van der Waals surface area contributed by atoms with Crippen molar-refractivity contribution in [2.24, 2.45) is 0 Å². The number of hydrogen-bond acceptors (Lipinski definition) is 3. The Morgan fingerprint density at radius 1 is 0.955 bits per heavy atom. The fourth-order valence-corrected chi connectivity index (χ4v) is 1.88. The largest absolute Gasteiger partial charge is 0.326 e. The van der Waals surface area contributed by atoms with Gasteiger partial charge in [0.1, 0.15) is 0 Å². The van der Waals surface area contributed by atoms with E-state index in [1.165, 1.54) is 6.92 Å². The summed E-state index contributed by atoms with van der Waals surface area (Å²) in [5, 5.41) is 2.61. The molecule has 6 nitrogen and oxygen atoms in total. The fourth-order valence-electron chi connectivity index (χ4n) is 1.88. The molecule has 1 aromatic rings. The summed E-state index contributed by atoms with van der Waals surface area (Å²) in [5.74, 6) is -0.761. The molecule has 6 heteroatoms. The number of unbranched alkanes of at least 4 members (excludes halogenated alkanes) is 3. The van der Waals surface area contributed by atoms with E-state index in [9.17, 15) is 14.4 Å². The molecule has 120 valence electrons. The number of carbonyl (C=O) groups excluding carboxylic acids is 3. The number of amides is 3. The monoisotopic (exact) mass is 305 g/mol. The van der Waals surface area contributed by atoms with Gasteiger partial charge in [0.2, 0.25) is 11.8 Å². The Bertz CT molecular complexity index is 512. The van der Waals surface area contributed by atoms with Crippen LogP contribution in [0.4, 0.5) is 5.69 Å². The fraction of sp³-hybridized carbons (Fsp3) is 0.438. The van der Waals surface area contributed by atoms with Crippen molar-refractivity contribution in [3.05, 3.63) is 29.8 Å². The molecule has 22 heavy (non-hydrogen) atoms. The summed E-state index contributed by atoms with van der Waals surface area (Å²) < 4.78 is 0. The van der Waals surface area contributed by atoms with Gasteiger partial charge in [0, 0.05) is 24.6 Å². The van der Waals surface area contributed by atoms with Gasteiger partial charge in [0.25, 0.3) is 5.91 Å². The van der Waals surface area contributed by atoms with Crippen LogP contribution in [0.15, 0.2) is 24.3 Å². The maximum Gasteiger partial charge on any atom is 0.269 e. The third-order valence-corrected chi connectivity index (χ3v) is 3.04. The highest BCUT2D eigenvalue weighted by atomic mass is 16.2. The highest BCUT2D eigenvalue weighted by molar-refractivity contribution is 5.96. The van der Waals surface area contributed by atoms with Crippen LogP contribution in [-0.2, 0) is 9.59 Å². The van der Waals surface area contributed by atoms with Gasteiger partial charge in [-0.05, 0) is 30.7 Å². The van der Waals surface area contributed by atoms with Gasteiger partial charge in [-0.1, -0.05) is 26.2 Å². The molecule has 0 aliphatic carbocycles. The van der Waals surface area contributed by atoms with Crippen molar-refractivity contribution >= 4 is 23.4 Å². The molecule has 0 radical (unpaired) electrons. The molecule has 1 rings (SSSR count). The van der Waals surface area contributed by atoms with Crippen molar-refractivity contribution in [1.82, 2.24) is 10.9 Å². The predicted octanol–water partition coefficient (Wildman–Crippen LogP) is 2.38. The first-order chi connectivity index (χ1) is 10.5. The van der Waals surface area contributed by atoms with Crippen molar-refractivity contribution in [2.45, 2.75) is 46.0 Å². The summed E-state index contributed by atoms with van der Waals surface area (Å²) in [6.07, 6.45) is 4.47. The van der Waals surface area contributed by atoms with Crippen LogP contribution in [0.25, 0.3) is 0 Å². The number of hydrazine groups is 1. The molecule has 1 aromatic carbocycles. The maximum absolute atomic E-state index is 11.8. The molecule has 0 atom stereocenters. The lowest BCUT2D eigenvalue weighted by Gasteiger charge is -2.08. The van der Waals surface area contributed by atoms with E-state index in [-0.39, 0.29) is 11.8 Å². The molecule has 0 bridgehead atoms. The van der Waals surface area contributed by atoms with Gasteiger partial charge < -0.3 is 5.32 Å². The molecule has 3 amide bonds. The second-order valence-corrected chi connectivity index (χ2v) is 5.07. The summed E-state index contributed by atoms with van der Waals surface area (Å²) in [6.45, 7) is 3.52. The van der Waals surface area contributed by atoms with Crippen LogP contribution in [0, 0.1) is 0 Å². The highest BCUT2D eigenvalue weighted by Crippen LogP contribution is 2.09. The summed E-state index contributed by atoms with van der Waals surface area (Å²) in [4.78, 5) is 34.3. The Morgan fingerprint density at radius 2 is 1.64 bits per heavy atom. The topological polar surface area (TPSA) is 87.3 Å². The highest BCUT2D eigenvalue weighted by Gasteiger charge is 2.07. The number of nitrogens with one attached hydrogen (secondary N) is 3. The lowest BCUT2D eigenvalue weighted by molar-refractivity contribution is -0.122. The van der Waals surface area contributed by atoms with E-state index >= 15 is 0 Å². The Labute approximate surface area is 130 Å². The van der Waals surface area contributed by atoms with Gasteiger partial charge in [-0.3, -0.25) is 25.2 Å².